The Labute approximate surface area is 179 Å². The summed E-state index contributed by atoms with van der Waals surface area (Å²) in [6.45, 7) is 4.14. The van der Waals surface area contributed by atoms with E-state index in [2.05, 4.69) is 19.2 Å². The molecular formula is C25H21N2O4-. The van der Waals surface area contributed by atoms with E-state index in [1.54, 1.807) is 0 Å². The summed E-state index contributed by atoms with van der Waals surface area (Å²) in [6, 6.07) is 15.0. The molecule has 0 saturated heterocycles. The Hall–Kier alpha value is -3.67. The van der Waals surface area contributed by atoms with Crippen molar-refractivity contribution in [1.29, 1.82) is 0 Å². The lowest BCUT2D eigenvalue weighted by molar-refractivity contribution is -0.385. The Morgan fingerprint density at radius 3 is 2.61 bits per heavy atom. The van der Waals surface area contributed by atoms with E-state index in [1.165, 1.54) is 18.2 Å². The number of non-ortho nitro benzene ring substituents is 1. The van der Waals surface area contributed by atoms with Crippen molar-refractivity contribution in [2.24, 2.45) is 5.41 Å². The van der Waals surface area contributed by atoms with E-state index in [4.69, 9.17) is 0 Å². The summed E-state index contributed by atoms with van der Waals surface area (Å²) in [5, 5.41) is 29.5. The highest BCUT2D eigenvalue weighted by Crippen LogP contribution is 2.52. The fraction of sp³-hybridized carbons (Fsp3) is 0.240. The number of benzene rings is 3. The number of hydrogen-bond acceptors (Lipinski definition) is 5. The number of rotatable bonds is 2. The van der Waals surface area contributed by atoms with Crippen LogP contribution in [0.15, 0.2) is 60.2 Å². The largest absolute Gasteiger partial charge is 0.872 e. The minimum atomic E-state index is -0.709. The van der Waals surface area contributed by atoms with Crippen molar-refractivity contribution in [3.63, 3.8) is 0 Å². The Morgan fingerprint density at radius 2 is 1.84 bits per heavy atom. The summed E-state index contributed by atoms with van der Waals surface area (Å²) in [7, 11) is 0. The molecule has 1 N–H and O–H groups in total. The summed E-state index contributed by atoms with van der Waals surface area (Å²) < 4.78 is 0. The zero-order valence-electron chi connectivity index (χ0n) is 17.3. The van der Waals surface area contributed by atoms with E-state index < -0.39 is 11.0 Å². The molecule has 0 aromatic heterocycles. The maximum atomic E-state index is 13.4. The summed E-state index contributed by atoms with van der Waals surface area (Å²) in [5.41, 5.74) is 3.17. The molecular weight excluding hydrogens is 392 g/mol. The number of hydrogen-bond donors (Lipinski definition) is 1. The first kappa shape index (κ1) is 19.3. The molecule has 1 atom stereocenters. The first-order chi connectivity index (χ1) is 14.7. The number of ketones is 1. The molecule has 0 spiro atoms. The van der Waals surface area contributed by atoms with Gasteiger partial charge in [0.1, 0.15) is 0 Å². The molecule has 0 radical (unpaired) electrons. The summed E-state index contributed by atoms with van der Waals surface area (Å²) in [6.07, 6.45) is 1.06. The Balaban J connectivity index is 1.80. The molecule has 156 valence electrons. The van der Waals surface area contributed by atoms with E-state index >= 15 is 0 Å². The minimum absolute atomic E-state index is 0.0201. The first-order valence-corrected chi connectivity index (χ1v) is 10.3. The van der Waals surface area contributed by atoms with Gasteiger partial charge in [0.25, 0.3) is 5.69 Å². The quantitative estimate of drug-likeness (QED) is 0.464. The number of fused-ring (bicyclic) bond motifs is 4. The highest BCUT2D eigenvalue weighted by atomic mass is 16.6. The van der Waals surface area contributed by atoms with Gasteiger partial charge in [0.2, 0.25) is 0 Å². The van der Waals surface area contributed by atoms with E-state index in [1.807, 2.05) is 36.4 Å². The monoisotopic (exact) mass is 413 g/mol. The normalized spacial score (nSPS) is 19.5. The van der Waals surface area contributed by atoms with Crippen molar-refractivity contribution in [1.82, 2.24) is 0 Å². The molecule has 0 amide bonds. The van der Waals surface area contributed by atoms with Crippen LogP contribution in [0.3, 0.4) is 0 Å². The van der Waals surface area contributed by atoms with Crippen LogP contribution >= 0.6 is 0 Å². The fourth-order valence-electron chi connectivity index (χ4n) is 4.95. The molecule has 1 heterocycles. The molecule has 1 aliphatic heterocycles. The van der Waals surface area contributed by atoms with Crippen molar-refractivity contribution < 1.29 is 14.8 Å². The molecule has 1 aliphatic carbocycles. The van der Waals surface area contributed by atoms with E-state index in [9.17, 15) is 20.0 Å². The number of nitro benzene ring substituents is 1. The summed E-state index contributed by atoms with van der Waals surface area (Å²) in [5.74, 6) is -0.343. The zero-order chi connectivity index (χ0) is 21.9. The fourth-order valence-corrected chi connectivity index (χ4v) is 4.95. The van der Waals surface area contributed by atoms with Crippen molar-refractivity contribution in [3.05, 3.63) is 81.4 Å². The SMILES string of the molecule is CC1(C)CC(=O)C2=C(C1)c1c(ccc3ccccc13)N[C@@H]2c1cc([N+](=O)[O-])ccc1[O-]. The smallest absolute Gasteiger partial charge is 0.269 e. The number of Topliss-reactive ketones (excluding diaryl/α,β-unsaturated/α-hetero) is 1. The van der Waals surface area contributed by atoms with Gasteiger partial charge in [-0.2, -0.15) is 0 Å². The van der Waals surface area contributed by atoms with Crippen LogP contribution < -0.4 is 10.4 Å². The number of nitrogens with zero attached hydrogens (tertiary/aromatic N) is 1. The van der Waals surface area contributed by atoms with Gasteiger partial charge >= 0.3 is 0 Å². The second kappa shape index (κ2) is 6.67. The molecule has 0 fully saturated rings. The van der Waals surface area contributed by atoms with Crippen LogP contribution in [0.5, 0.6) is 5.75 Å². The van der Waals surface area contributed by atoms with Crippen molar-refractivity contribution >= 4 is 33.5 Å². The van der Waals surface area contributed by atoms with Crippen molar-refractivity contribution in [3.8, 4) is 5.75 Å². The van der Waals surface area contributed by atoms with Gasteiger partial charge < -0.3 is 10.4 Å². The van der Waals surface area contributed by atoms with Crippen molar-refractivity contribution in [2.75, 3.05) is 5.32 Å². The molecule has 3 aromatic rings. The minimum Gasteiger partial charge on any atom is -0.872 e. The Kier molecular flexibility index (Phi) is 4.15. The number of nitrogens with one attached hydrogen (secondary N) is 1. The molecule has 6 heteroatoms. The van der Waals surface area contributed by atoms with E-state index in [0.717, 1.165) is 27.6 Å². The first-order valence-electron chi connectivity index (χ1n) is 10.3. The molecule has 0 saturated carbocycles. The molecule has 5 rings (SSSR count). The van der Waals surface area contributed by atoms with Gasteiger partial charge in [0, 0.05) is 35.4 Å². The number of allylic oxidation sites excluding steroid dienone is 1. The van der Waals surface area contributed by atoms with Crippen LogP contribution in [0.1, 0.15) is 43.9 Å². The van der Waals surface area contributed by atoms with Crippen LogP contribution in [0.4, 0.5) is 11.4 Å². The standard InChI is InChI=1S/C25H22N2O4/c1-25(2)12-18-22-16-6-4-3-5-14(16)7-9-19(22)26-24(23(18)21(29)13-25)17-11-15(27(30)31)8-10-20(17)28/h3-11,24,26,28H,12-13H2,1-2H3/p-1/t24-/m1/s1. The van der Waals surface area contributed by atoms with Crippen LogP contribution in [0, 0.1) is 15.5 Å². The predicted molar refractivity (Wildman–Crippen MR) is 118 cm³/mol. The molecule has 6 nitrogen and oxygen atoms in total. The highest BCUT2D eigenvalue weighted by Gasteiger charge is 2.41. The topological polar surface area (TPSA) is 95.3 Å². The lowest BCUT2D eigenvalue weighted by Gasteiger charge is -2.41. The summed E-state index contributed by atoms with van der Waals surface area (Å²) in [4.78, 5) is 24.2. The molecule has 0 unspecified atom stereocenters. The third-order valence-corrected chi connectivity index (χ3v) is 6.25. The maximum absolute atomic E-state index is 13.4. The van der Waals surface area contributed by atoms with Gasteiger partial charge in [-0.25, -0.2) is 0 Å². The Morgan fingerprint density at radius 1 is 1.06 bits per heavy atom. The van der Waals surface area contributed by atoms with Gasteiger partial charge in [-0.15, -0.1) is 5.75 Å². The molecule has 3 aromatic carbocycles. The van der Waals surface area contributed by atoms with Gasteiger partial charge in [-0.05, 0) is 39.8 Å². The van der Waals surface area contributed by atoms with Crippen LogP contribution in [-0.2, 0) is 4.79 Å². The molecule has 2 aliphatic rings. The van der Waals surface area contributed by atoms with Gasteiger partial charge in [0.15, 0.2) is 5.78 Å². The average molecular weight is 413 g/mol. The van der Waals surface area contributed by atoms with E-state index in [0.29, 0.717) is 18.4 Å². The summed E-state index contributed by atoms with van der Waals surface area (Å²) >= 11 is 0. The van der Waals surface area contributed by atoms with Crippen LogP contribution in [-0.4, -0.2) is 10.7 Å². The van der Waals surface area contributed by atoms with Gasteiger partial charge in [0.05, 0.1) is 11.0 Å². The number of carbonyl (C=O) groups excluding carboxylic acids is 1. The third kappa shape index (κ3) is 3.06. The lowest BCUT2D eigenvalue weighted by Crippen LogP contribution is -2.33. The van der Waals surface area contributed by atoms with Crippen LogP contribution in [0.25, 0.3) is 16.3 Å². The maximum Gasteiger partial charge on any atom is 0.269 e. The number of carbonyl (C=O) groups is 1. The van der Waals surface area contributed by atoms with Crippen molar-refractivity contribution in [2.45, 2.75) is 32.7 Å². The second-order valence-electron chi connectivity index (χ2n) is 9.10. The number of nitro groups is 1. The Bertz CT molecular complexity index is 1310. The zero-order valence-corrected chi connectivity index (χ0v) is 17.3. The lowest BCUT2D eigenvalue weighted by atomic mass is 9.67. The van der Waals surface area contributed by atoms with Crippen LogP contribution in [0.2, 0.25) is 0 Å². The highest BCUT2D eigenvalue weighted by molar-refractivity contribution is 6.13. The second-order valence-corrected chi connectivity index (χ2v) is 9.10. The number of anilines is 1. The van der Waals surface area contributed by atoms with Gasteiger partial charge in [-0.1, -0.05) is 50.2 Å². The average Bonchev–Trinajstić information content (AvgIpc) is 2.72. The predicted octanol–water partition coefficient (Wildman–Crippen LogP) is 5.13. The molecule has 31 heavy (non-hydrogen) atoms. The van der Waals surface area contributed by atoms with Gasteiger partial charge in [-0.3, -0.25) is 14.9 Å². The van der Waals surface area contributed by atoms with E-state index in [-0.39, 0.29) is 28.2 Å². The molecule has 0 bridgehead atoms. The third-order valence-electron chi connectivity index (χ3n) is 6.25.